The van der Waals surface area contributed by atoms with Crippen molar-refractivity contribution in [2.75, 3.05) is 5.75 Å². The van der Waals surface area contributed by atoms with Crippen LogP contribution in [0.3, 0.4) is 0 Å². The molecule has 1 aromatic heterocycles. The minimum atomic E-state index is -0.376. The molecule has 0 bridgehead atoms. The van der Waals surface area contributed by atoms with E-state index in [1.54, 1.807) is 42.2 Å². The van der Waals surface area contributed by atoms with Crippen LogP contribution in [-0.4, -0.2) is 22.6 Å². The molecule has 0 aliphatic heterocycles. The summed E-state index contributed by atoms with van der Waals surface area (Å²) >= 11 is 7.34. The molecule has 0 radical (unpaired) electrons. The fourth-order valence-electron chi connectivity index (χ4n) is 1.52. The topological polar surface area (TPSA) is 74.0 Å². The van der Waals surface area contributed by atoms with E-state index < -0.39 is 0 Å². The van der Waals surface area contributed by atoms with Gasteiger partial charge in [-0.15, -0.1) is 11.8 Å². The zero-order chi connectivity index (χ0) is 15.1. The Labute approximate surface area is 131 Å². The number of thioether (sulfide) groups is 1. The third-order valence-corrected chi connectivity index (χ3v) is 3.84. The van der Waals surface area contributed by atoms with Crippen molar-refractivity contribution in [3.05, 3.63) is 53.3 Å². The molecule has 2 amide bonds. The summed E-state index contributed by atoms with van der Waals surface area (Å²) in [4.78, 5) is 26.9. The highest BCUT2D eigenvalue weighted by Gasteiger charge is 2.07. The molecule has 1 heterocycles. The molecule has 7 heteroatoms. The Morgan fingerprint density at radius 2 is 1.90 bits per heavy atom. The zero-order valence-corrected chi connectivity index (χ0v) is 12.6. The van der Waals surface area contributed by atoms with Crippen LogP contribution >= 0.6 is 23.4 Å². The number of amides is 2. The van der Waals surface area contributed by atoms with Gasteiger partial charge in [-0.05, 0) is 36.4 Å². The van der Waals surface area contributed by atoms with E-state index in [-0.39, 0.29) is 11.8 Å². The number of hydrazine groups is 1. The number of hydrogen-bond donors (Lipinski definition) is 3. The zero-order valence-electron chi connectivity index (χ0n) is 11.1. The molecule has 110 valence electrons. The van der Waals surface area contributed by atoms with Crippen LogP contribution in [0, 0.1) is 0 Å². The number of halogens is 1. The first-order valence-corrected chi connectivity index (χ1v) is 7.62. The number of carbonyl (C=O) groups is 2. The summed E-state index contributed by atoms with van der Waals surface area (Å²) in [6.07, 6.45) is 1.94. The largest absolute Gasteiger partial charge is 0.357 e. The van der Waals surface area contributed by atoms with E-state index in [1.807, 2.05) is 12.1 Å². The molecular weight excluding hydrogens is 310 g/mol. The van der Waals surface area contributed by atoms with Gasteiger partial charge < -0.3 is 4.98 Å². The van der Waals surface area contributed by atoms with Crippen LogP contribution in [0.1, 0.15) is 16.9 Å². The number of H-pyrrole nitrogens is 1. The van der Waals surface area contributed by atoms with Crippen LogP contribution in [0.15, 0.2) is 47.5 Å². The van der Waals surface area contributed by atoms with Crippen LogP contribution in [-0.2, 0) is 4.79 Å². The molecule has 0 saturated heterocycles. The molecule has 2 aromatic rings. The number of aromatic nitrogens is 1. The molecule has 21 heavy (non-hydrogen) atoms. The fourth-order valence-corrected chi connectivity index (χ4v) is 2.50. The average molecular weight is 324 g/mol. The van der Waals surface area contributed by atoms with E-state index in [9.17, 15) is 9.59 Å². The van der Waals surface area contributed by atoms with Gasteiger partial charge in [0, 0.05) is 28.3 Å². The second-order valence-electron chi connectivity index (χ2n) is 4.14. The maximum absolute atomic E-state index is 11.6. The van der Waals surface area contributed by atoms with E-state index in [4.69, 9.17) is 11.6 Å². The lowest BCUT2D eigenvalue weighted by Crippen LogP contribution is -2.41. The summed E-state index contributed by atoms with van der Waals surface area (Å²) in [5, 5.41) is 0.684. The lowest BCUT2D eigenvalue weighted by atomic mass is 10.4. The van der Waals surface area contributed by atoms with Crippen molar-refractivity contribution in [1.29, 1.82) is 0 Å². The lowest BCUT2D eigenvalue weighted by molar-refractivity contribution is -0.121. The number of carbonyl (C=O) groups excluding carboxylic acids is 2. The number of hydrogen-bond acceptors (Lipinski definition) is 3. The van der Waals surface area contributed by atoms with Crippen LogP contribution in [0.2, 0.25) is 5.02 Å². The van der Waals surface area contributed by atoms with Gasteiger partial charge in [-0.2, -0.15) is 0 Å². The normalized spacial score (nSPS) is 10.1. The van der Waals surface area contributed by atoms with Gasteiger partial charge in [0.05, 0.1) is 0 Å². The first-order chi connectivity index (χ1) is 10.1. The Kier molecular flexibility index (Phi) is 5.71. The van der Waals surface area contributed by atoms with Gasteiger partial charge in [0.1, 0.15) is 5.69 Å². The monoisotopic (exact) mass is 323 g/mol. The first-order valence-electron chi connectivity index (χ1n) is 6.26. The Bertz CT molecular complexity index is 599. The predicted molar refractivity (Wildman–Crippen MR) is 83.2 cm³/mol. The van der Waals surface area contributed by atoms with Gasteiger partial charge in [0.15, 0.2) is 0 Å². The van der Waals surface area contributed by atoms with Crippen molar-refractivity contribution in [3.8, 4) is 0 Å². The molecule has 0 saturated carbocycles. The number of benzene rings is 1. The summed E-state index contributed by atoms with van der Waals surface area (Å²) in [7, 11) is 0. The molecule has 2 rings (SSSR count). The highest BCUT2D eigenvalue weighted by molar-refractivity contribution is 7.99. The van der Waals surface area contributed by atoms with Crippen molar-refractivity contribution in [1.82, 2.24) is 15.8 Å². The first kappa shape index (κ1) is 15.5. The van der Waals surface area contributed by atoms with Crippen LogP contribution in [0.4, 0.5) is 0 Å². The SMILES string of the molecule is O=C(CCSc1ccc(Cl)cc1)NNC(=O)c1ccc[nH]1. The van der Waals surface area contributed by atoms with Crippen LogP contribution in [0.5, 0.6) is 0 Å². The van der Waals surface area contributed by atoms with Crippen molar-refractivity contribution < 1.29 is 9.59 Å². The van der Waals surface area contributed by atoms with Gasteiger partial charge in [-0.25, -0.2) is 0 Å². The molecule has 0 aliphatic carbocycles. The predicted octanol–water partition coefficient (Wildman–Crippen LogP) is 2.61. The summed E-state index contributed by atoms with van der Waals surface area (Å²) < 4.78 is 0. The van der Waals surface area contributed by atoms with Gasteiger partial charge in [0.25, 0.3) is 5.91 Å². The standard InChI is InChI=1S/C14H14ClN3O2S/c15-10-3-5-11(6-4-10)21-9-7-13(19)17-18-14(20)12-2-1-8-16-12/h1-6,8,16H,7,9H2,(H,17,19)(H,18,20). The second-order valence-corrected chi connectivity index (χ2v) is 5.74. The molecule has 0 spiro atoms. The smallest absolute Gasteiger partial charge is 0.286 e. The van der Waals surface area contributed by atoms with Crippen molar-refractivity contribution in [3.63, 3.8) is 0 Å². The quantitative estimate of drug-likeness (QED) is 0.585. The minimum Gasteiger partial charge on any atom is -0.357 e. The Balaban J connectivity index is 1.66. The van der Waals surface area contributed by atoms with Gasteiger partial charge in [0.2, 0.25) is 5.91 Å². The highest BCUT2D eigenvalue weighted by Crippen LogP contribution is 2.20. The molecular formula is C14H14ClN3O2S. The number of aromatic amines is 1. The third kappa shape index (κ3) is 5.17. The maximum atomic E-state index is 11.6. The average Bonchev–Trinajstić information content (AvgIpc) is 3.01. The van der Waals surface area contributed by atoms with Gasteiger partial charge in [-0.3, -0.25) is 20.4 Å². The van der Waals surface area contributed by atoms with E-state index in [1.165, 1.54) is 0 Å². The molecule has 0 fully saturated rings. The Morgan fingerprint density at radius 1 is 1.14 bits per heavy atom. The summed E-state index contributed by atoms with van der Waals surface area (Å²) in [6.45, 7) is 0. The second kappa shape index (κ2) is 7.75. The van der Waals surface area contributed by atoms with Gasteiger partial charge >= 0.3 is 0 Å². The van der Waals surface area contributed by atoms with E-state index in [2.05, 4.69) is 15.8 Å². The third-order valence-electron chi connectivity index (χ3n) is 2.57. The summed E-state index contributed by atoms with van der Waals surface area (Å²) in [5.74, 6) is 0.00123. The highest BCUT2D eigenvalue weighted by atomic mass is 35.5. The molecule has 1 aromatic carbocycles. The molecule has 3 N–H and O–H groups in total. The molecule has 0 aliphatic rings. The number of rotatable bonds is 5. The summed E-state index contributed by atoms with van der Waals surface area (Å²) in [5.41, 5.74) is 5.11. The van der Waals surface area contributed by atoms with E-state index in [0.717, 1.165) is 4.90 Å². The Morgan fingerprint density at radius 3 is 2.57 bits per heavy atom. The molecule has 5 nitrogen and oxygen atoms in total. The van der Waals surface area contributed by atoms with Gasteiger partial charge in [-0.1, -0.05) is 11.6 Å². The molecule has 0 atom stereocenters. The maximum Gasteiger partial charge on any atom is 0.286 e. The molecule has 0 unspecified atom stereocenters. The van der Waals surface area contributed by atoms with Crippen molar-refractivity contribution in [2.24, 2.45) is 0 Å². The van der Waals surface area contributed by atoms with Crippen molar-refractivity contribution in [2.45, 2.75) is 11.3 Å². The Hall–Kier alpha value is -1.92. The van der Waals surface area contributed by atoms with Crippen LogP contribution in [0.25, 0.3) is 0 Å². The fraction of sp³-hybridized carbons (Fsp3) is 0.143. The van der Waals surface area contributed by atoms with E-state index in [0.29, 0.717) is 22.9 Å². The van der Waals surface area contributed by atoms with Crippen molar-refractivity contribution >= 4 is 35.2 Å². The van der Waals surface area contributed by atoms with Crippen LogP contribution < -0.4 is 10.9 Å². The lowest BCUT2D eigenvalue weighted by Gasteiger charge is -2.06. The minimum absolute atomic E-state index is 0.239. The van der Waals surface area contributed by atoms with E-state index >= 15 is 0 Å². The number of nitrogens with one attached hydrogen (secondary N) is 3. The summed E-state index contributed by atoms with van der Waals surface area (Å²) in [6, 6.07) is 10.7.